The molecular formula is C18H19N3. The van der Waals surface area contributed by atoms with E-state index in [0.29, 0.717) is 12.2 Å². The Kier molecular flexibility index (Phi) is 3.26. The van der Waals surface area contributed by atoms with E-state index in [2.05, 4.69) is 43.2 Å². The van der Waals surface area contributed by atoms with Crippen LogP contribution in [0.25, 0.3) is 22.4 Å². The Morgan fingerprint density at radius 3 is 2.71 bits per heavy atom. The molecule has 0 atom stereocenters. The van der Waals surface area contributed by atoms with E-state index in [0.717, 1.165) is 22.4 Å². The lowest BCUT2D eigenvalue weighted by molar-refractivity contribution is 0.861. The summed E-state index contributed by atoms with van der Waals surface area (Å²) in [5.41, 5.74) is 12.3. The number of anilines is 1. The van der Waals surface area contributed by atoms with E-state index in [1.807, 2.05) is 24.3 Å². The average Bonchev–Trinajstić information content (AvgIpc) is 2.83. The second-order valence-corrected chi connectivity index (χ2v) is 5.35. The highest BCUT2D eigenvalue weighted by Gasteiger charge is 2.13. The summed E-state index contributed by atoms with van der Waals surface area (Å²) in [4.78, 5) is 4.76. The van der Waals surface area contributed by atoms with Gasteiger partial charge < -0.3 is 10.3 Å². The number of nitrogen functional groups attached to an aromatic ring is 1. The van der Waals surface area contributed by atoms with Gasteiger partial charge in [0.05, 0.1) is 11.2 Å². The molecule has 0 saturated carbocycles. The third-order valence-corrected chi connectivity index (χ3v) is 3.89. The number of nitrogens with two attached hydrogens (primary N) is 1. The maximum Gasteiger partial charge on any atom is 0.141 e. The van der Waals surface area contributed by atoms with Crippen molar-refractivity contribution < 1.29 is 0 Å². The number of aryl methyl sites for hydroxylation is 2. The molecule has 3 rings (SSSR count). The molecule has 0 spiro atoms. The van der Waals surface area contributed by atoms with Gasteiger partial charge in [-0.2, -0.15) is 0 Å². The Labute approximate surface area is 124 Å². The summed E-state index contributed by atoms with van der Waals surface area (Å²) in [7, 11) is 0. The van der Waals surface area contributed by atoms with Gasteiger partial charge in [-0.1, -0.05) is 24.3 Å². The Bertz CT molecular complexity index is 828. The first kappa shape index (κ1) is 13.4. The highest BCUT2D eigenvalue weighted by molar-refractivity contribution is 5.90. The van der Waals surface area contributed by atoms with Gasteiger partial charge >= 0.3 is 0 Å². The van der Waals surface area contributed by atoms with E-state index >= 15 is 0 Å². The number of aromatic nitrogens is 2. The van der Waals surface area contributed by atoms with Crippen LogP contribution in [0.3, 0.4) is 0 Å². The Morgan fingerprint density at radius 1 is 1.19 bits per heavy atom. The van der Waals surface area contributed by atoms with Crippen molar-refractivity contribution in [1.29, 1.82) is 0 Å². The molecule has 3 aromatic rings. The predicted molar refractivity (Wildman–Crippen MR) is 89.3 cm³/mol. The molecule has 0 aliphatic heterocycles. The number of benzene rings is 2. The van der Waals surface area contributed by atoms with Gasteiger partial charge in [0.25, 0.3) is 0 Å². The van der Waals surface area contributed by atoms with Gasteiger partial charge in [-0.3, -0.25) is 0 Å². The van der Waals surface area contributed by atoms with Crippen LogP contribution in [0.15, 0.2) is 49.1 Å². The molecule has 3 nitrogen and oxygen atoms in total. The van der Waals surface area contributed by atoms with Crippen molar-refractivity contribution in [2.24, 2.45) is 0 Å². The van der Waals surface area contributed by atoms with Gasteiger partial charge in [0, 0.05) is 12.1 Å². The Morgan fingerprint density at radius 2 is 2.00 bits per heavy atom. The zero-order valence-corrected chi connectivity index (χ0v) is 12.4. The molecule has 1 heterocycles. The lowest BCUT2D eigenvalue weighted by Gasteiger charge is -2.08. The minimum Gasteiger partial charge on any atom is -0.397 e. The summed E-state index contributed by atoms with van der Waals surface area (Å²) in [6.07, 6.45) is 1.88. The number of rotatable bonds is 3. The molecular weight excluding hydrogens is 258 g/mol. The van der Waals surface area contributed by atoms with Crippen LogP contribution < -0.4 is 5.73 Å². The van der Waals surface area contributed by atoms with Crippen molar-refractivity contribution in [3.05, 3.63) is 60.2 Å². The molecule has 0 aliphatic rings. The fourth-order valence-electron chi connectivity index (χ4n) is 2.58. The van der Waals surface area contributed by atoms with Crippen LogP contribution in [0.5, 0.6) is 0 Å². The third kappa shape index (κ3) is 2.21. The normalized spacial score (nSPS) is 11.0. The minimum absolute atomic E-state index is 0.709. The Hall–Kier alpha value is -2.55. The molecule has 106 valence electrons. The van der Waals surface area contributed by atoms with E-state index in [1.165, 1.54) is 11.1 Å². The van der Waals surface area contributed by atoms with Crippen molar-refractivity contribution in [1.82, 2.24) is 9.55 Å². The standard InChI is InChI=1S/C18H19N3/c1-4-10-21-16-7-5-6-15(19)17(16)20-18(21)14-9-8-12(2)13(3)11-14/h4-9,11H,1,10,19H2,2-3H3. The summed E-state index contributed by atoms with van der Waals surface area (Å²) in [5, 5.41) is 0. The number of fused-ring (bicyclic) bond motifs is 1. The van der Waals surface area contributed by atoms with Crippen LogP contribution in [0.2, 0.25) is 0 Å². The van der Waals surface area contributed by atoms with Crippen LogP contribution in [0, 0.1) is 13.8 Å². The summed E-state index contributed by atoms with van der Waals surface area (Å²) in [5.74, 6) is 0.936. The summed E-state index contributed by atoms with van der Waals surface area (Å²) in [6.45, 7) is 8.80. The molecule has 3 heteroatoms. The average molecular weight is 277 g/mol. The van der Waals surface area contributed by atoms with Gasteiger partial charge in [-0.05, 0) is 43.2 Å². The van der Waals surface area contributed by atoms with Crippen molar-refractivity contribution >= 4 is 16.7 Å². The predicted octanol–water partition coefficient (Wildman–Crippen LogP) is 4.09. The van der Waals surface area contributed by atoms with E-state index in [9.17, 15) is 0 Å². The second-order valence-electron chi connectivity index (χ2n) is 5.35. The lowest BCUT2D eigenvalue weighted by atomic mass is 10.1. The van der Waals surface area contributed by atoms with Gasteiger partial charge in [0.1, 0.15) is 11.3 Å². The number of allylic oxidation sites excluding steroid dienone is 1. The van der Waals surface area contributed by atoms with Crippen LogP contribution >= 0.6 is 0 Å². The largest absolute Gasteiger partial charge is 0.397 e. The highest BCUT2D eigenvalue weighted by atomic mass is 15.1. The van der Waals surface area contributed by atoms with Crippen LogP contribution in [0.4, 0.5) is 5.69 Å². The molecule has 0 saturated heterocycles. The smallest absolute Gasteiger partial charge is 0.141 e. The number of nitrogens with zero attached hydrogens (tertiary/aromatic N) is 2. The fraction of sp³-hybridized carbons (Fsp3) is 0.167. The maximum atomic E-state index is 6.07. The van der Waals surface area contributed by atoms with Gasteiger partial charge in [-0.25, -0.2) is 4.98 Å². The van der Waals surface area contributed by atoms with Crippen molar-refractivity contribution in [2.45, 2.75) is 20.4 Å². The molecule has 1 aromatic heterocycles. The van der Waals surface area contributed by atoms with Gasteiger partial charge in [0.15, 0.2) is 0 Å². The van der Waals surface area contributed by atoms with E-state index in [-0.39, 0.29) is 0 Å². The third-order valence-electron chi connectivity index (χ3n) is 3.89. The number of para-hydroxylation sites is 1. The van der Waals surface area contributed by atoms with Crippen molar-refractivity contribution in [3.63, 3.8) is 0 Å². The minimum atomic E-state index is 0.709. The number of hydrogen-bond donors (Lipinski definition) is 1. The van der Waals surface area contributed by atoms with Gasteiger partial charge in [0.2, 0.25) is 0 Å². The van der Waals surface area contributed by atoms with E-state index in [1.54, 1.807) is 0 Å². The van der Waals surface area contributed by atoms with E-state index < -0.39 is 0 Å². The first-order valence-electron chi connectivity index (χ1n) is 7.05. The topological polar surface area (TPSA) is 43.8 Å². The van der Waals surface area contributed by atoms with Crippen LogP contribution in [0.1, 0.15) is 11.1 Å². The molecule has 0 radical (unpaired) electrons. The number of hydrogen-bond acceptors (Lipinski definition) is 2. The summed E-state index contributed by atoms with van der Waals surface area (Å²) >= 11 is 0. The first-order chi connectivity index (χ1) is 10.1. The van der Waals surface area contributed by atoms with Crippen LogP contribution in [-0.2, 0) is 6.54 Å². The zero-order valence-electron chi connectivity index (χ0n) is 12.4. The number of imidazole rings is 1. The monoisotopic (exact) mass is 277 g/mol. The molecule has 2 aromatic carbocycles. The SMILES string of the molecule is C=CCn1c(-c2ccc(C)c(C)c2)nc2c(N)cccc21. The summed E-state index contributed by atoms with van der Waals surface area (Å²) in [6, 6.07) is 12.3. The molecule has 0 aliphatic carbocycles. The molecule has 0 bridgehead atoms. The maximum absolute atomic E-state index is 6.07. The fourth-order valence-corrected chi connectivity index (χ4v) is 2.58. The molecule has 0 fully saturated rings. The quantitative estimate of drug-likeness (QED) is 0.579. The Balaban J connectivity index is 2.30. The van der Waals surface area contributed by atoms with Crippen molar-refractivity contribution in [2.75, 3.05) is 5.73 Å². The highest BCUT2D eigenvalue weighted by Crippen LogP contribution is 2.29. The second kappa shape index (κ2) is 5.09. The zero-order chi connectivity index (χ0) is 15.0. The van der Waals surface area contributed by atoms with Crippen LogP contribution in [-0.4, -0.2) is 9.55 Å². The molecule has 0 unspecified atom stereocenters. The molecule has 0 amide bonds. The van der Waals surface area contributed by atoms with E-state index in [4.69, 9.17) is 10.7 Å². The summed E-state index contributed by atoms with van der Waals surface area (Å²) < 4.78 is 2.16. The van der Waals surface area contributed by atoms with Gasteiger partial charge in [-0.15, -0.1) is 6.58 Å². The van der Waals surface area contributed by atoms with Crippen molar-refractivity contribution in [3.8, 4) is 11.4 Å². The first-order valence-corrected chi connectivity index (χ1v) is 7.05. The molecule has 2 N–H and O–H groups in total. The lowest BCUT2D eigenvalue weighted by Crippen LogP contribution is -1.98. The molecule has 21 heavy (non-hydrogen) atoms.